The SMILES string of the molecule is Cl.NCC1CCN(S(=O)(=O)Cc2cccc3cccnc23)CC1. The molecular weight excluding hydrogens is 334 g/mol. The molecular formula is C16H22ClN3O2S. The van der Waals surface area contributed by atoms with Gasteiger partial charge in [0.15, 0.2) is 0 Å². The van der Waals surface area contributed by atoms with Crippen molar-refractivity contribution >= 4 is 33.3 Å². The van der Waals surface area contributed by atoms with Crippen LogP contribution in [0.3, 0.4) is 0 Å². The second-order valence-corrected chi connectivity index (χ2v) is 7.80. The molecule has 1 aliphatic rings. The van der Waals surface area contributed by atoms with E-state index in [2.05, 4.69) is 4.98 Å². The molecule has 5 nitrogen and oxygen atoms in total. The first-order valence-electron chi connectivity index (χ1n) is 7.60. The molecule has 7 heteroatoms. The molecule has 0 bridgehead atoms. The van der Waals surface area contributed by atoms with Gasteiger partial charge < -0.3 is 5.73 Å². The van der Waals surface area contributed by atoms with Crippen molar-refractivity contribution in [2.24, 2.45) is 11.7 Å². The Labute approximate surface area is 143 Å². The average Bonchev–Trinajstić information content (AvgIpc) is 2.55. The maximum absolute atomic E-state index is 12.7. The molecule has 2 aromatic rings. The zero-order chi connectivity index (χ0) is 15.6. The second-order valence-electron chi connectivity index (χ2n) is 5.83. The van der Waals surface area contributed by atoms with Gasteiger partial charge in [0, 0.05) is 24.7 Å². The van der Waals surface area contributed by atoms with Gasteiger partial charge in [0.2, 0.25) is 10.0 Å². The molecule has 0 atom stereocenters. The molecule has 1 aliphatic heterocycles. The highest BCUT2D eigenvalue weighted by Gasteiger charge is 2.28. The van der Waals surface area contributed by atoms with Crippen molar-refractivity contribution in [1.82, 2.24) is 9.29 Å². The lowest BCUT2D eigenvalue weighted by atomic mass is 9.99. The smallest absolute Gasteiger partial charge is 0.218 e. The van der Waals surface area contributed by atoms with Gasteiger partial charge in [-0.1, -0.05) is 24.3 Å². The lowest BCUT2D eigenvalue weighted by molar-refractivity contribution is 0.278. The fourth-order valence-electron chi connectivity index (χ4n) is 2.99. The molecule has 1 aromatic carbocycles. The van der Waals surface area contributed by atoms with Gasteiger partial charge in [-0.3, -0.25) is 4.98 Å². The number of piperidine rings is 1. The molecule has 0 aliphatic carbocycles. The largest absolute Gasteiger partial charge is 0.330 e. The number of aromatic nitrogens is 1. The number of benzene rings is 1. The van der Waals surface area contributed by atoms with Crippen molar-refractivity contribution in [3.8, 4) is 0 Å². The normalized spacial score (nSPS) is 17.1. The third kappa shape index (κ3) is 4.01. The third-order valence-corrected chi connectivity index (χ3v) is 6.18. The predicted octanol–water partition coefficient (Wildman–Crippen LogP) is 2.16. The van der Waals surface area contributed by atoms with Crippen LogP contribution < -0.4 is 5.73 Å². The summed E-state index contributed by atoms with van der Waals surface area (Å²) in [4.78, 5) is 4.34. The Morgan fingerprint density at radius 2 is 1.87 bits per heavy atom. The Morgan fingerprint density at radius 3 is 2.57 bits per heavy atom. The molecule has 126 valence electrons. The summed E-state index contributed by atoms with van der Waals surface area (Å²) < 4.78 is 26.9. The van der Waals surface area contributed by atoms with E-state index in [1.807, 2.05) is 30.3 Å². The van der Waals surface area contributed by atoms with Gasteiger partial charge in [0.1, 0.15) is 0 Å². The highest BCUT2D eigenvalue weighted by atomic mass is 35.5. The van der Waals surface area contributed by atoms with E-state index < -0.39 is 10.0 Å². The third-order valence-electron chi connectivity index (χ3n) is 4.35. The zero-order valence-corrected chi connectivity index (χ0v) is 14.5. The fourth-order valence-corrected chi connectivity index (χ4v) is 4.57. The van der Waals surface area contributed by atoms with Gasteiger partial charge in [-0.25, -0.2) is 12.7 Å². The summed E-state index contributed by atoms with van der Waals surface area (Å²) in [5.41, 5.74) is 7.20. The van der Waals surface area contributed by atoms with E-state index in [0.29, 0.717) is 25.6 Å². The van der Waals surface area contributed by atoms with Crippen molar-refractivity contribution in [2.45, 2.75) is 18.6 Å². The molecule has 1 fully saturated rings. The van der Waals surface area contributed by atoms with Crippen LogP contribution in [0.2, 0.25) is 0 Å². The van der Waals surface area contributed by atoms with E-state index in [4.69, 9.17) is 5.73 Å². The first-order chi connectivity index (χ1) is 10.6. The second kappa shape index (κ2) is 7.57. The van der Waals surface area contributed by atoms with Crippen LogP contribution in [0.4, 0.5) is 0 Å². The van der Waals surface area contributed by atoms with E-state index in [1.54, 1.807) is 10.5 Å². The molecule has 2 N–H and O–H groups in total. The monoisotopic (exact) mass is 355 g/mol. The van der Waals surface area contributed by atoms with Gasteiger partial charge in [-0.2, -0.15) is 0 Å². The molecule has 0 unspecified atom stereocenters. The lowest BCUT2D eigenvalue weighted by Gasteiger charge is -2.30. The number of halogens is 1. The Kier molecular flexibility index (Phi) is 5.97. The minimum absolute atomic E-state index is 0. The maximum atomic E-state index is 12.7. The molecule has 0 saturated carbocycles. The summed E-state index contributed by atoms with van der Waals surface area (Å²) in [5, 5.41) is 0.969. The maximum Gasteiger partial charge on any atom is 0.218 e. The minimum atomic E-state index is -3.31. The lowest BCUT2D eigenvalue weighted by Crippen LogP contribution is -2.40. The predicted molar refractivity (Wildman–Crippen MR) is 95.0 cm³/mol. The molecule has 1 aromatic heterocycles. The van der Waals surface area contributed by atoms with Gasteiger partial charge in [-0.15, -0.1) is 12.4 Å². The number of hydrogen-bond acceptors (Lipinski definition) is 4. The number of hydrogen-bond donors (Lipinski definition) is 1. The summed E-state index contributed by atoms with van der Waals surface area (Å²) in [7, 11) is -3.31. The number of rotatable bonds is 4. The number of nitrogens with two attached hydrogens (primary N) is 1. The molecule has 23 heavy (non-hydrogen) atoms. The Bertz CT molecular complexity index is 754. The number of sulfonamides is 1. The fraction of sp³-hybridized carbons (Fsp3) is 0.438. The van der Waals surface area contributed by atoms with Crippen LogP contribution in [0.1, 0.15) is 18.4 Å². The van der Waals surface area contributed by atoms with E-state index >= 15 is 0 Å². The van der Waals surface area contributed by atoms with Gasteiger partial charge in [0.05, 0.1) is 11.3 Å². The minimum Gasteiger partial charge on any atom is -0.330 e. The van der Waals surface area contributed by atoms with E-state index in [-0.39, 0.29) is 18.2 Å². The van der Waals surface area contributed by atoms with E-state index in [9.17, 15) is 8.42 Å². The molecule has 0 spiro atoms. The van der Waals surface area contributed by atoms with Crippen molar-refractivity contribution in [2.75, 3.05) is 19.6 Å². The average molecular weight is 356 g/mol. The first-order valence-corrected chi connectivity index (χ1v) is 9.21. The summed E-state index contributed by atoms with van der Waals surface area (Å²) >= 11 is 0. The number of para-hydroxylation sites is 1. The zero-order valence-electron chi connectivity index (χ0n) is 12.9. The van der Waals surface area contributed by atoms with Crippen molar-refractivity contribution in [3.63, 3.8) is 0 Å². The van der Waals surface area contributed by atoms with Crippen LogP contribution in [-0.2, 0) is 15.8 Å². The summed E-state index contributed by atoms with van der Waals surface area (Å²) in [6.45, 7) is 1.78. The number of pyridine rings is 1. The van der Waals surface area contributed by atoms with Gasteiger partial charge in [-0.05, 0) is 36.9 Å². The van der Waals surface area contributed by atoms with Crippen LogP contribution in [0.25, 0.3) is 10.9 Å². The van der Waals surface area contributed by atoms with Crippen LogP contribution >= 0.6 is 12.4 Å². The van der Waals surface area contributed by atoms with Crippen LogP contribution in [0, 0.1) is 5.92 Å². The first kappa shape index (κ1) is 18.1. The van der Waals surface area contributed by atoms with Gasteiger partial charge in [0.25, 0.3) is 0 Å². The highest BCUT2D eigenvalue weighted by Crippen LogP contribution is 2.23. The quantitative estimate of drug-likeness (QED) is 0.911. The van der Waals surface area contributed by atoms with Crippen molar-refractivity contribution in [3.05, 3.63) is 42.1 Å². The summed E-state index contributed by atoms with van der Waals surface area (Å²) in [5.74, 6) is 0.458. The topological polar surface area (TPSA) is 76.3 Å². The summed E-state index contributed by atoms with van der Waals surface area (Å²) in [6, 6.07) is 9.49. The van der Waals surface area contributed by atoms with Crippen LogP contribution in [0.5, 0.6) is 0 Å². The van der Waals surface area contributed by atoms with Gasteiger partial charge >= 0.3 is 0 Å². The van der Waals surface area contributed by atoms with E-state index in [0.717, 1.165) is 29.3 Å². The van der Waals surface area contributed by atoms with E-state index in [1.165, 1.54) is 0 Å². The highest BCUT2D eigenvalue weighted by molar-refractivity contribution is 7.88. The summed E-state index contributed by atoms with van der Waals surface area (Å²) in [6.07, 6.45) is 3.40. The molecule has 0 amide bonds. The van der Waals surface area contributed by atoms with Crippen molar-refractivity contribution in [1.29, 1.82) is 0 Å². The number of fused-ring (bicyclic) bond motifs is 1. The molecule has 3 rings (SSSR count). The molecule has 0 radical (unpaired) electrons. The Balaban J connectivity index is 0.00000192. The standard InChI is InChI=1S/C16H21N3O2S.ClH/c17-11-13-6-9-19(10-7-13)22(20,21)12-15-4-1-3-14-5-2-8-18-16(14)15;/h1-5,8,13H,6-7,9-12,17H2;1H. The molecule has 1 saturated heterocycles. The van der Waals surface area contributed by atoms with Crippen molar-refractivity contribution < 1.29 is 8.42 Å². The number of nitrogens with zero attached hydrogens (tertiary/aromatic N) is 2. The van der Waals surface area contributed by atoms with Crippen LogP contribution in [-0.4, -0.2) is 37.3 Å². The Hall–Kier alpha value is -1.21. The molecule has 2 heterocycles. The Morgan fingerprint density at radius 1 is 1.17 bits per heavy atom. The van der Waals surface area contributed by atoms with Crippen LogP contribution in [0.15, 0.2) is 36.5 Å².